The number of aromatic nitrogens is 1. The van der Waals surface area contributed by atoms with Crippen LogP contribution in [0.15, 0.2) is 102 Å². The quantitative estimate of drug-likeness (QED) is 0.248. The molecule has 0 spiro atoms. The van der Waals surface area contributed by atoms with Crippen molar-refractivity contribution in [3.63, 3.8) is 0 Å². The molecule has 0 N–H and O–H groups in total. The van der Waals surface area contributed by atoms with Gasteiger partial charge in [-0.3, -0.25) is 0 Å². The van der Waals surface area contributed by atoms with E-state index in [0.717, 1.165) is 10.3 Å². The molecule has 1 unspecified atom stereocenters. The molecular formula is C26H16BrNS. The molecule has 0 saturated carbocycles. The van der Waals surface area contributed by atoms with Crippen molar-refractivity contribution in [1.82, 2.24) is 4.98 Å². The second kappa shape index (κ2) is 6.38. The monoisotopic (exact) mass is 453 g/mol. The third kappa shape index (κ3) is 2.29. The average Bonchev–Trinajstić information content (AvgIpc) is 3.28. The number of rotatable bonds is 2. The molecule has 3 heteroatoms. The highest BCUT2D eigenvalue weighted by Gasteiger charge is 2.49. The Hall–Kier alpha value is -2.75. The van der Waals surface area contributed by atoms with Gasteiger partial charge in [0.15, 0.2) is 0 Å². The van der Waals surface area contributed by atoms with Crippen LogP contribution in [0.3, 0.4) is 0 Å². The van der Waals surface area contributed by atoms with E-state index < -0.39 is 5.41 Å². The van der Waals surface area contributed by atoms with Gasteiger partial charge >= 0.3 is 0 Å². The maximum absolute atomic E-state index is 5.01. The molecule has 138 valence electrons. The zero-order chi connectivity index (χ0) is 19.4. The number of nitrogens with zero attached hydrogens (tertiary/aromatic N) is 1. The highest BCUT2D eigenvalue weighted by Crippen LogP contribution is 2.60. The smallest absolute Gasteiger partial charge is 0.106 e. The van der Waals surface area contributed by atoms with Gasteiger partial charge in [0.25, 0.3) is 0 Å². The summed E-state index contributed by atoms with van der Waals surface area (Å²) in [6, 6.07) is 34.6. The fourth-order valence-electron chi connectivity index (χ4n) is 4.77. The topological polar surface area (TPSA) is 12.9 Å². The summed E-state index contributed by atoms with van der Waals surface area (Å²) in [6.45, 7) is 0. The molecule has 1 nitrogen and oxygen atoms in total. The molecule has 2 heterocycles. The Kier molecular flexibility index (Phi) is 3.77. The van der Waals surface area contributed by atoms with E-state index in [0.29, 0.717) is 0 Å². The minimum Gasteiger partial charge on any atom is -0.244 e. The first kappa shape index (κ1) is 17.1. The van der Waals surface area contributed by atoms with Crippen LogP contribution in [0.5, 0.6) is 0 Å². The minimum absolute atomic E-state index is 0.434. The lowest BCUT2D eigenvalue weighted by Crippen LogP contribution is -2.29. The van der Waals surface area contributed by atoms with Gasteiger partial charge in [-0.25, -0.2) is 4.98 Å². The van der Waals surface area contributed by atoms with Crippen LogP contribution in [0.4, 0.5) is 0 Å². The first-order valence-electron chi connectivity index (χ1n) is 9.60. The SMILES string of the molecule is Brc1cccc(C2(c3ccccc3)c3ccccc3-c3sc4ccccc4c32)n1. The van der Waals surface area contributed by atoms with Crippen LogP contribution in [0.1, 0.15) is 22.4 Å². The van der Waals surface area contributed by atoms with Crippen LogP contribution in [0.2, 0.25) is 0 Å². The van der Waals surface area contributed by atoms with Crippen molar-refractivity contribution in [3.8, 4) is 10.4 Å². The van der Waals surface area contributed by atoms with E-state index >= 15 is 0 Å². The number of benzene rings is 3. The van der Waals surface area contributed by atoms with Crippen LogP contribution in [0.25, 0.3) is 20.5 Å². The summed E-state index contributed by atoms with van der Waals surface area (Å²) in [5.41, 5.74) is 5.85. The second-order valence-electron chi connectivity index (χ2n) is 7.31. The molecule has 1 aliphatic rings. The van der Waals surface area contributed by atoms with E-state index in [1.54, 1.807) is 0 Å². The first-order chi connectivity index (χ1) is 14.3. The molecule has 2 aromatic heterocycles. The van der Waals surface area contributed by atoms with Gasteiger partial charge in [-0.2, -0.15) is 0 Å². The Balaban J connectivity index is 1.87. The fourth-order valence-corrected chi connectivity index (χ4v) is 6.41. The average molecular weight is 454 g/mol. The predicted molar refractivity (Wildman–Crippen MR) is 125 cm³/mol. The van der Waals surface area contributed by atoms with E-state index in [2.05, 4.69) is 107 Å². The van der Waals surface area contributed by atoms with Gasteiger partial charge in [0.05, 0.1) is 11.1 Å². The van der Waals surface area contributed by atoms with Crippen molar-refractivity contribution in [2.75, 3.05) is 0 Å². The Morgan fingerprint density at radius 3 is 2.34 bits per heavy atom. The molecule has 1 aliphatic carbocycles. The molecule has 0 radical (unpaired) electrons. The molecule has 3 aromatic carbocycles. The Bertz CT molecular complexity index is 1370. The molecule has 0 saturated heterocycles. The molecule has 5 aromatic rings. The number of thiophene rings is 1. The van der Waals surface area contributed by atoms with Gasteiger partial charge in [0.1, 0.15) is 4.60 Å². The number of hydrogen-bond acceptors (Lipinski definition) is 2. The normalized spacial score (nSPS) is 17.3. The van der Waals surface area contributed by atoms with Crippen molar-refractivity contribution < 1.29 is 0 Å². The number of hydrogen-bond donors (Lipinski definition) is 0. The van der Waals surface area contributed by atoms with Gasteiger partial charge in [0.2, 0.25) is 0 Å². The zero-order valence-electron chi connectivity index (χ0n) is 15.5. The van der Waals surface area contributed by atoms with Gasteiger partial charge in [-0.1, -0.05) is 78.9 Å². The van der Waals surface area contributed by atoms with Crippen molar-refractivity contribution >= 4 is 37.4 Å². The van der Waals surface area contributed by atoms with Gasteiger partial charge < -0.3 is 0 Å². The van der Waals surface area contributed by atoms with E-state index in [9.17, 15) is 0 Å². The standard InChI is InChI=1S/C26H16BrNS/c27-23-16-8-15-22(28-23)26(17-9-2-1-3-10-17)20-13-6-4-11-18(20)25-24(26)19-12-5-7-14-21(19)29-25/h1-16H. The summed E-state index contributed by atoms with van der Waals surface area (Å²) in [6.07, 6.45) is 0. The summed E-state index contributed by atoms with van der Waals surface area (Å²) in [5.74, 6) is 0. The zero-order valence-corrected chi connectivity index (χ0v) is 17.9. The molecule has 0 fully saturated rings. The number of pyridine rings is 1. The molecule has 29 heavy (non-hydrogen) atoms. The third-order valence-corrected chi connectivity index (χ3v) is 7.50. The lowest BCUT2D eigenvalue weighted by atomic mass is 9.69. The minimum atomic E-state index is -0.434. The molecular weight excluding hydrogens is 438 g/mol. The fraction of sp³-hybridized carbons (Fsp3) is 0.0385. The highest BCUT2D eigenvalue weighted by molar-refractivity contribution is 9.10. The van der Waals surface area contributed by atoms with Crippen LogP contribution in [0, 0.1) is 0 Å². The van der Waals surface area contributed by atoms with E-state index in [-0.39, 0.29) is 0 Å². The summed E-state index contributed by atoms with van der Waals surface area (Å²) in [5, 5.41) is 1.31. The molecule has 1 atom stereocenters. The van der Waals surface area contributed by atoms with E-state index in [1.807, 2.05) is 17.4 Å². The van der Waals surface area contributed by atoms with Gasteiger partial charge in [-0.15, -0.1) is 11.3 Å². The van der Waals surface area contributed by atoms with Crippen molar-refractivity contribution in [1.29, 1.82) is 0 Å². The number of fused-ring (bicyclic) bond motifs is 5. The summed E-state index contributed by atoms with van der Waals surface area (Å²) >= 11 is 5.50. The summed E-state index contributed by atoms with van der Waals surface area (Å²) < 4.78 is 2.18. The maximum Gasteiger partial charge on any atom is 0.106 e. The van der Waals surface area contributed by atoms with E-state index in [4.69, 9.17) is 4.98 Å². The van der Waals surface area contributed by atoms with Crippen LogP contribution in [-0.4, -0.2) is 4.98 Å². The predicted octanol–water partition coefficient (Wildman–Crippen LogP) is 7.42. The van der Waals surface area contributed by atoms with E-state index in [1.165, 1.54) is 37.2 Å². The molecule has 0 aliphatic heterocycles. The van der Waals surface area contributed by atoms with Crippen molar-refractivity contribution in [2.24, 2.45) is 0 Å². The van der Waals surface area contributed by atoms with Gasteiger partial charge in [-0.05, 0) is 61.8 Å². The number of halogens is 1. The Morgan fingerprint density at radius 2 is 1.48 bits per heavy atom. The highest BCUT2D eigenvalue weighted by atomic mass is 79.9. The second-order valence-corrected chi connectivity index (χ2v) is 9.17. The molecule has 0 bridgehead atoms. The van der Waals surface area contributed by atoms with Crippen LogP contribution < -0.4 is 0 Å². The largest absolute Gasteiger partial charge is 0.244 e. The van der Waals surface area contributed by atoms with Crippen LogP contribution in [-0.2, 0) is 5.41 Å². The maximum atomic E-state index is 5.01. The van der Waals surface area contributed by atoms with Crippen molar-refractivity contribution in [3.05, 3.63) is 124 Å². The van der Waals surface area contributed by atoms with Crippen molar-refractivity contribution in [2.45, 2.75) is 5.41 Å². The molecule has 0 amide bonds. The first-order valence-corrected chi connectivity index (χ1v) is 11.2. The summed E-state index contributed by atoms with van der Waals surface area (Å²) in [7, 11) is 0. The summed E-state index contributed by atoms with van der Waals surface area (Å²) in [4.78, 5) is 6.36. The van der Waals surface area contributed by atoms with Gasteiger partial charge in [0, 0.05) is 9.58 Å². The molecule has 6 rings (SSSR count). The Morgan fingerprint density at radius 1 is 0.724 bits per heavy atom. The van der Waals surface area contributed by atoms with Crippen LogP contribution >= 0.6 is 27.3 Å². The lowest BCUT2D eigenvalue weighted by Gasteiger charge is -2.32. The lowest BCUT2D eigenvalue weighted by molar-refractivity contribution is 0.739. The third-order valence-electron chi connectivity index (χ3n) is 5.85. The Labute approximate surface area is 181 Å².